The fourth-order valence-corrected chi connectivity index (χ4v) is 9.05. The van der Waals surface area contributed by atoms with Gasteiger partial charge in [-0.05, 0) is 94.0 Å². The highest BCUT2D eigenvalue weighted by Crippen LogP contribution is 2.38. The van der Waals surface area contributed by atoms with Crippen molar-refractivity contribution in [2.75, 3.05) is 0 Å². The molecule has 0 bridgehead atoms. The number of hydrogen-bond donors (Lipinski definition) is 0. The van der Waals surface area contributed by atoms with Crippen molar-refractivity contribution in [3.63, 3.8) is 0 Å². The topological polar surface area (TPSA) is 48.5 Å². The van der Waals surface area contributed by atoms with Gasteiger partial charge in [0.15, 0.2) is 0 Å². The van der Waals surface area contributed by atoms with Crippen molar-refractivity contribution >= 4 is 43.6 Å². The number of nitrogens with zero attached hydrogens (tertiary/aromatic N) is 5. The third-order valence-corrected chi connectivity index (χ3v) is 11.9. The molecule has 5 heterocycles. The molecular formula is C57H37N5. The van der Waals surface area contributed by atoms with E-state index in [4.69, 9.17) is 15.0 Å². The van der Waals surface area contributed by atoms with E-state index in [-0.39, 0.29) is 0 Å². The molecule has 0 aliphatic heterocycles. The van der Waals surface area contributed by atoms with E-state index in [9.17, 15) is 0 Å². The predicted octanol–water partition coefficient (Wildman–Crippen LogP) is 14.4. The molecule has 0 radical (unpaired) electrons. The molecule has 0 aliphatic rings. The molecule has 5 aromatic heterocycles. The summed E-state index contributed by atoms with van der Waals surface area (Å²) in [6.07, 6.45) is 0. The number of rotatable bonds is 7. The summed E-state index contributed by atoms with van der Waals surface area (Å²) in [6.45, 7) is 0. The van der Waals surface area contributed by atoms with E-state index in [1.165, 1.54) is 21.5 Å². The molecule has 0 fully saturated rings. The van der Waals surface area contributed by atoms with Crippen LogP contribution in [0.15, 0.2) is 224 Å². The third kappa shape index (κ3) is 6.06. The number of para-hydroxylation sites is 4. The highest BCUT2D eigenvalue weighted by molar-refractivity contribution is 6.10. The minimum Gasteiger partial charge on any atom is -0.294 e. The quantitative estimate of drug-likeness (QED) is 0.162. The Hall–Kier alpha value is -8.41. The van der Waals surface area contributed by atoms with Crippen LogP contribution < -0.4 is 0 Å². The summed E-state index contributed by atoms with van der Waals surface area (Å²) in [4.78, 5) is 16.5. The SMILES string of the molecule is c1ccc(-c2cc(-c3cc(-c4ccccc4)cc(-n4c5ccccc5c5ccccc54)n3)nc(-c3cc(-c4ccccc4)cc(-n4c5ccccc5c5ccccc54)n3)c2)cc1. The summed E-state index contributed by atoms with van der Waals surface area (Å²) in [5.41, 5.74) is 13.9. The molecule has 0 aliphatic carbocycles. The van der Waals surface area contributed by atoms with E-state index < -0.39 is 0 Å². The van der Waals surface area contributed by atoms with Crippen LogP contribution in [0.4, 0.5) is 0 Å². The molecule has 0 unspecified atom stereocenters. The molecule has 5 heteroatoms. The van der Waals surface area contributed by atoms with Crippen molar-refractivity contribution < 1.29 is 0 Å². The number of fused-ring (bicyclic) bond motifs is 6. The molecule has 12 rings (SSSR count). The summed E-state index contributed by atoms with van der Waals surface area (Å²) in [7, 11) is 0. The molecule has 5 nitrogen and oxygen atoms in total. The Morgan fingerprint density at radius 2 is 0.484 bits per heavy atom. The maximum atomic E-state index is 5.52. The van der Waals surface area contributed by atoms with E-state index in [2.05, 4.69) is 234 Å². The summed E-state index contributed by atoms with van der Waals surface area (Å²) in [5, 5.41) is 4.75. The standard InChI is InChI=1S/C57H37N5/c1-4-18-38(19-5-1)41-32-48(50-34-42(39-20-6-2-7-21-39)36-56(59-50)61-52-28-14-10-24-44(52)45-25-11-15-29-53(45)61)58-49(33-41)51-35-43(40-22-8-3-9-23-40)37-57(60-51)62-54-30-16-12-26-46(54)47-27-13-17-31-55(47)62/h1-37H. The molecule has 12 aromatic rings. The van der Waals surface area contributed by atoms with Gasteiger partial charge in [-0.2, -0.15) is 0 Å². The van der Waals surface area contributed by atoms with Crippen LogP contribution >= 0.6 is 0 Å². The van der Waals surface area contributed by atoms with Crippen LogP contribution in [0, 0.1) is 0 Å². The number of hydrogen-bond acceptors (Lipinski definition) is 3. The van der Waals surface area contributed by atoms with Crippen molar-refractivity contribution in [1.29, 1.82) is 0 Å². The van der Waals surface area contributed by atoms with E-state index in [1.807, 2.05) is 0 Å². The fourth-order valence-electron chi connectivity index (χ4n) is 9.05. The lowest BCUT2D eigenvalue weighted by Gasteiger charge is -2.15. The smallest absolute Gasteiger partial charge is 0.138 e. The largest absolute Gasteiger partial charge is 0.294 e. The maximum absolute atomic E-state index is 5.52. The Labute approximate surface area is 358 Å². The summed E-state index contributed by atoms with van der Waals surface area (Å²) in [6, 6.07) is 79.0. The summed E-state index contributed by atoms with van der Waals surface area (Å²) < 4.78 is 4.57. The minimum absolute atomic E-state index is 0.756. The normalized spacial score (nSPS) is 11.5. The second-order valence-corrected chi connectivity index (χ2v) is 15.7. The summed E-state index contributed by atoms with van der Waals surface area (Å²) >= 11 is 0. The molecule has 0 atom stereocenters. The van der Waals surface area contributed by atoms with Crippen molar-refractivity contribution in [2.24, 2.45) is 0 Å². The predicted molar refractivity (Wildman–Crippen MR) is 256 cm³/mol. The van der Waals surface area contributed by atoms with Crippen LogP contribution in [0.25, 0.3) is 111 Å². The van der Waals surface area contributed by atoms with Gasteiger partial charge in [-0.3, -0.25) is 9.13 Å². The Kier molecular flexibility index (Phi) is 8.42. The molecule has 0 N–H and O–H groups in total. The van der Waals surface area contributed by atoms with Gasteiger partial charge < -0.3 is 0 Å². The number of aromatic nitrogens is 5. The summed E-state index contributed by atoms with van der Waals surface area (Å²) in [5.74, 6) is 1.65. The molecular weight excluding hydrogens is 755 g/mol. The second kappa shape index (κ2) is 14.7. The van der Waals surface area contributed by atoms with Gasteiger partial charge in [0.05, 0.1) is 44.8 Å². The molecule has 7 aromatic carbocycles. The first-order valence-corrected chi connectivity index (χ1v) is 20.9. The second-order valence-electron chi connectivity index (χ2n) is 15.7. The molecule has 290 valence electrons. The molecule has 0 spiro atoms. The Morgan fingerprint density at radius 1 is 0.226 bits per heavy atom. The van der Waals surface area contributed by atoms with Gasteiger partial charge in [-0.1, -0.05) is 164 Å². The third-order valence-electron chi connectivity index (χ3n) is 11.9. The van der Waals surface area contributed by atoms with Crippen LogP contribution in [-0.2, 0) is 0 Å². The first-order chi connectivity index (χ1) is 30.7. The Morgan fingerprint density at radius 3 is 0.806 bits per heavy atom. The maximum Gasteiger partial charge on any atom is 0.138 e. The van der Waals surface area contributed by atoms with Gasteiger partial charge in [-0.15, -0.1) is 0 Å². The average molecular weight is 792 g/mol. The zero-order valence-corrected chi connectivity index (χ0v) is 33.6. The van der Waals surface area contributed by atoms with Crippen LogP contribution in [0.1, 0.15) is 0 Å². The Balaban J connectivity index is 1.13. The minimum atomic E-state index is 0.756. The van der Waals surface area contributed by atoms with Gasteiger partial charge in [0, 0.05) is 21.5 Å². The van der Waals surface area contributed by atoms with Crippen molar-refractivity contribution in [3.05, 3.63) is 224 Å². The van der Waals surface area contributed by atoms with Crippen molar-refractivity contribution in [2.45, 2.75) is 0 Å². The van der Waals surface area contributed by atoms with Gasteiger partial charge in [0.1, 0.15) is 11.6 Å². The van der Waals surface area contributed by atoms with E-state index in [1.54, 1.807) is 0 Å². The van der Waals surface area contributed by atoms with Gasteiger partial charge >= 0.3 is 0 Å². The lowest BCUT2D eigenvalue weighted by Crippen LogP contribution is -2.03. The van der Waals surface area contributed by atoms with E-state index >= 15 is 0 Å². The first-order valence-electron chi connectivity index (χ1n) is 20.9. The molecule has 0 saturated heterocycles. The van der Waals surface area contributed by atoms with Gasteiger partial charge in [0.2, 0.25) is 0 Å². The van der Waals surface area contributed by atoms with Crippen molar-refractivity contribution in [3.8, 4) is 67.8 Å². The Bertz CT molecular complexity index is 3300. The number of pyridine rings is 3. The zero-order chi connectivity index (χ0) is 41.0. The van der Waals surface area contributed by atoms with Gasteiger partial charge in [-0.25, -0.2) is 15.0 Å². The van der Waals surface area contributed by atoms with Crippen LogP contribution in [-0.4, -0.2) is 24.1 Å². The number of benzene rings is 7. The zero-order valence-electron chi connectivity index (χ0n) is 33.6. The average Bonchev–Trinajstić information content (AvgIpc) is 3.88. The lowest BCUT2D eigenvalue weighted by molar-refractivity contribution is 1.07. The highest BCUT2D eigenvalue weighted by atomic mass is 15.1. The monoisotopic (exact) mass is 791 g/mol. The van der Waals surface area contributed by atoms with Crippen molar-refractivity contribution in [1.82, 2.24) is 24.1 Å². The van der Waals surface area contributed by atoms with Crippen LogP contribution in [0.3, 0.4) is 0 Å². The fraction of sp³-hybridized carbons (Fsp3) is 0. The van der Waals surface area contributed by atoms with E-state index in [0.717, 1.165) is 89.9 Å². The molecule has 0 amide bonds. The van der Waals surface area contributed by atoms with Crippen LogP contribution in [0.2, 0.25) is 0 Å². The first kappa shape index (κ1) is 35.5. The van der Waals surface area contributed by atoms with Crippen LogP contribution in [0.5, 0.6) is 0 Å². The molecule has 62 heavy (non-hydrogen) atoms. The highest BCUT2D eigenvalue weighted by Gasteiger charge is 2.20. The van der Waals surface area contributed by atoms with E-state index in [0.29, 0.717) is 0 Å². The molecule has 0 saturated carbocycles. The lowest BCUT2D eigenvalue weighted by atomic mass is 10.00. The van der Waals surface area contributed by atoms with Gasteiger partial charge in [0.25, 0.3) is 0 Å².